The van der Waals surface area contributed by atoms with Gasteiger partial charge in [0.1, 0.15) is 0 Å². The molecule has 0 saturated carbocycles. The summed E-state index contributed by atoms with van der Waals surface area (Å²) in [4.78, 5) is 4.33. The van der Waals surface area contributed by atoms with Crippen LogP contribution in [0.5, 0.6) is 0 Å². The lowest BCUT2D eigenvalue weighted by Gasteiger charge is -2.19. The van der Waals surface area contributed by atoms with Gasteiger partial charge in [-0.05, 0) is 44.5 Å². The average Bonchev–Trinajstić information content (AvgIpc) is 2.75. The zero-order chi connectivity index (χ0) is 13.1. The third-order valence-electron chi connectivity index (χ3n) is 3.73. The van der Waals surface area contributed by atoms with Crippen LogP contribution >= 0.6 is 11.6 Å². The first-order valence-electron chi connectivity index (χ1n) is 6.83. The van der Waals surface area contributed by atoms with Crippen LogP contribution in [-0.2, 0) is 0 Å². The number of hydrogen-bond acceptors (Lipinski definition) is 2. The number of rotatable bonds is 2. The molecule has 1 atom stereocenters. The molecule has 2 heterocycles. The SMILES string of the molecule is Clc1cccc(-c2cncn2C2CCCNCC2)c1. The molecule has 0 aliphatic carbocycles. The Labute approximate surface area is 118 Å². The van der Waals surface area contributed by atoms with Crippen LogP contribution in [0.4, 0.5) is 0 Å². The Hall–Kier alpha value is -1.32. The van der Waals surface area contributed by atoms with Crippen LogP contribution < -0.4 is 5.32 Å². The Balaban J connectivity index is 1.93. The lowest BCUT2D eigenvalue weighted by molar-refractivity contribution is 0.457. The van der Waals surface area contributed by atoms with Gasteiger partial charge in [0.2, 0.25) is 0 Å². The first kappa shape index (κ1) is 12.7. The molecule has 4 heteroatoms. The number of hydrogen-bond donors (Lipinski definition) is 1. The van der Waals surface area contributed by atoms with E-state index in [1.54, 1.807) is 0 Å². The van der Waals surface area contributed by atoms with Crippen molar-refractivity contribution in [3.05, 3.63) is 41.8 Å². The number of halogens is 1. The minimum absolute atomic E-state index is 0.534. The summed E-state index contributed by atoms with van der Waals surface area (Å²) in [5.74, 6) is 0. The molecule has 0 amide bonds. The number of nitrogens with zero attached hydrogens (tertiary/aromatic N) is 2. The molecule has 0 bridgehead atoms. The Kier molecular flexibility index (Phi) is 3.85. The van der Waals surface area contributed by atoms with E-state index in [0.717, 1.165) is 35.8 Å². The lowest BCUT2D eigenvalue weighted by atomic mass is 10.1. The number of imidazole rings is 1. The molecule has 1 aliphatic heterocycles. The predicted octanol–water partition coefficient (Wildman–Crippen LogP) is 3.52. The van der Waals surface area contributed by atoms with Gasteiger partial charge in [0.05, 0.1) is 18.2 Å². The van der Waals surface area contributed by atoms with Crippen molar-refractivity contribution in [3.63, 3.8) is 0 Å². The molecule has 1 unspecified atom stereocenters. The van der Waals surface area contributed by atoms with E-state index in [2.05, 4.69) is 20.9 Å². The first-order valence-corrected chi connectivity index (χ1v) is 7.21. The highest BCUT2D eigenvalue weighted by Gasteiger charge is 2.17. The monoisotopic (exact) mass is 275 g/mol. The Morgan fingerprint density at radius 1 is 1.26 bits per heavy atom. The second-order valence-electron chi connectivity index (χ2n) is 5.03. The molecule has 0 spiro atoms. The van der Waals surface area contributed by atoms with E-state index < -0.39 is 0 Å². The Bertz CT molecular complexity index is 542. The Morgan fingerprint density at radius 2 is 2.21 bits per heavy atom. The Morgan fingerprint density at radius 3 is 3.11 bits per heavy atom. The van der Waals surface area contributed by atoms with Crippen molar-refractivity contribution in [2.24, 2.45) is 0 Å². The molecular weight excluding hydrogens is 258 g/mol. The van der Waals surface area contributed by atoms with E-state index in [9.17, 15) is 0 Å². The fourth-order valence-electron chi connectivity index (χ4n) is 2.75. The quantitative estimate of drug-likeness (QED) is 0.909. The molecule has 3 rings (SSSR count). The van der Waals surface area contributed by atoms with Crippen LogP contribution in [0.2, 0.25) is 5.02 Å². The third-order valence-corrected chi connectivity index (χ3v) is 3.96. The summed E-state index contributed by atoms with van der Waals surface area (Å²) in [6.45, 7) is 2.20. The largest absolute Gasteiger partial charge is 0.327 e. The second kappa shape index (κ2) is 5.76. The summed E-state index contributed by atoms with van der Waals surface area (Å²) in [5.41, 5.74) is 2.30. The van der Waals surface area contributed by atoms with Gasteiger partial charge in [-0.1, -0.05) is 23.7 Å². The molecule has 100 valence electrons. The van der Waals surface area contributed by atoms with Crippen LogP contribution in [-0.4, -0.2) is 22.6 Å². The summed E-state index contributed by atoms with van der Waals surface area (Å²) < 4.78 is 2.30. The first-order chi connectivity index (χ1) is 9.34. The van der Waals surface area contributed by atoms with Gasteiger partial charge in [0.25, 0.3) is 0 Å². The van der Waals surface area contributed by atoms with Crippen molar-refractivity contribution in [2.45, 2.75) is 25.3 Å². The van der Waals surface area contributed by atoms with Gasteiger partial charge in [0.15, 0.2) is 0 Å². The van der Waals surface area contributed by atoms with Gasteiger partial charge in [0, 0.05) is 16.6 Å². The molecule has 1 aromatic carbocycles. The molecule has 2 aromatic rings. The fourth-order valence-corrected chi connectivity index (χ4v) is 2.94. The highest BCUT2D eigenvalue weighted by atomic mass is 35.5. The van der Waals surface area contributed by atoms with E-state index in [0.29, 0.717) is 6.04 Å². The summed E-state index contributed by atoms with van der Waals surface area (Å²) >= 11 is 6.09. The third kappa shape index (κ3) is 2.82. The van der Waals surface area contributed by atoms with Crippen LogP contribution in [0.3, 0.4) is 0 Å². The highest BCUT2D eigenvalue weighted by Crippen LogP contribution is 2.28. The topological polar surface area (TPSA) is 29.9 Å². The minimum Gasteiger partial charge on any atom is -0.327 e. The number of aromatic nitrogens is 2. The van der Waals surface area contributed by atoms with Crippen molar-refractivity contribution in [1.82, 2.24) is 14.9 Å². The number of nitrogens with one attached hydrogen (secondary N) is 1. The lowest BCUT2D eigenvalue weighted by Crippen LogP contribution is -2.15. The second-order valence-corrected chi connectivity index (χ2v) is 5.47. The molecule has 3 nitrogen and oxygen atoms in total. The highest BCUT2D eigenvalue weighted by molar-refractivity contribution is 6.30. The van der Waals surface area contributed by atoms with E-state index in [-0.39, 0.29) is 0 Å². The van der Waals surface area contributed by atoms with E-state index >= 15 is 0 Å². The zero-order valence-electron chi connectivity index (χ0n) is 10.8. The van der Waals surface area contributed by atoms with Gasteiger partial charge in [-0.2, -0.15) is 0 Å². The van der Waals surface area contributed by atoms with Crippen LogP contribution in [0.1, 0.15) is 25.3 Å². The summed E-state index contributed by atoms with van der Waals surface area (Å²) in [6, 6.07) is 8.52. The molecule has 1 saturated heterocycles. The van der Waals surface area contributed by atoms with E-state index in [1.807, 2.05) is 30.7 Å². The maximum atomic E-state index is 6.09. The molecule has 1 aromatic heterocycles. The molecule has 1 N–H and O–H groups in total. The van der Waals surface area contributed by atoms with Crippen molar-refractivity contribution >= 4 is 11.6 Å². The van der Waals surface area contributed by atoms with E-state index in [1.165, 1.54) is 12.8 Å². The van der Waals surface area contributed by atoms with Crippen molar-refractivity contribution in [1.29, 1.82) is 0 Å². The molecule has 19 heavy (non-hydrogen) atoms. The maximum Gasteiger partial charge on any atom is 0.0953 e. The normalized spacial score (nSPS) is 20.2. The molecular formula is C15H18ClN3. The van der Waals surface area contributed by atoms with Gasteiger partial charge in [-0.3, -0.25) is 0 Å². The van der Waals surface area contributed by atoms with Crippen molar-refractivity contribution in [3.8, 4) is 11.3 Å². The minimum atomic E-state index is 0.534. The average molecular weight is 276 g/mol. The summed E-state index contributed by atoms with van der Waals surface area (Å²) in [6.07, 6.45) is 7.47. The molecule has 1 fully saturated rings. The van der Waals surface area contributed by atoms with Gasteiger partial charge >= 0.3 is 0 Å². The van der Waals surface area contributed by atoms with Crippen molar-refractivity contribution in [2.75, 3.05) is 13.1 Å². The standard InChI is InChI=1S/C15H18ClN3/c16-13-4-1-3-12(9-13)15-10-18-11-19(15)14-5-2-7-17-8-6-14/h1,3-4,9-11,14,17H,2,5-8H2. The molecule has 1 aliphatic rings. The number of benzene rings is 1. The van der Waals surface area contributed by atoms with Gasteiger partial charge in [-0.25, -0.2) is 4.98 Å². The zero-order valence-corrected chi connectivity index (χ0v) is 11.6. The summed E-state index contributed by atoms with van der Waals surface area (Å²) in [5, 5.41) is 4.22. The predicted molar refractivity (Wildman–Crippen MR) is 78.4 cm³/mol. The smallest absolute Gasteiger partial charge is 0.0953 e. The molecule has 0 radical (unpaired) electrons. The van der Waals surface area contributed by atoms with Crippen molar-refractivity contribution < 1.29 is 0 Å². The van der Waals surface area contributed by atoms with Gasteiger partial charge in [-0.15, -0.1) is 0 Å². The van der Waals surface area contributed by atoms with E-state index in [4.69, 9.17) is 11.6 Å². The fraction of sp³-hybridized carbons (Fsp3) is 0.400. The van der Waals surface area contributed by atoms with Crippen LogP contribution in [0.15, 0.2) is 36.8 Å². The van der Waals surface area contributed by atoms with Gasteiger partial charge < -0.3 is 9.88 Å². The summed E-state index contributed by atoms with van der Waals surface area (Å²) in [7, 11) is 0. The van der Waals surface area contributed by atoms with Crippen LogP contribution in [0.25, 0.3) is 11.3 Å². The maximum absolute atomic E-state index is 6.09. The van der Waals surface area contributed by atoms with Crippen LogP contribution in [0, 0.1) is 0 Å².